The van der Waals surface area contributed by atoms with Crippen molar-refractivity contribution in [1.82, 2.24) is 14.8 Å². The van der Waals surface area contributed by atoms with Crippen LogP contribution in [-0.2, 0) is 28.9 Å². The molecule has 1 aliphatic carbocycles. The zero-order valence-corrected chi connectivity index (χ0v) is 25.4. The average molecular weight is 593 g/mol. The van der Waals surface area contributed by atoms with E-state index in [0.29, 0.717) is 22.3 Å². The van der Waals surface area contributed by atoms with Crippen molar-refractivity contribution in [3.05, 3.63) is 68.7 Å². The molecular formula is C30H32N4O3S3. The van der Waals surface area contributed by atoms with E-state index in [0.717, 1.165) is 60.2 Å². The van der Waals surface area contributed by atoms with Gasteiger partial charge in [0.25, 0.3) is 0 Å². The summed E-state index contributed by atoms with van der Waals surface area (Å²) in [4.78, 5) is 28.1. The zero-order chi connectivity index (χ0) is 28.2. The van der Waals surface area contributed by atoms with Gasteiger partial charge in [-0.2, -0.15) is 0 Å². The maximum absolute atomic E-state index is 13.1. The molecular weight excluding hydrogens is 561 g/mol. The van der Waals surface area contributed by atoms with Gasteiger partial charge in [0.1, 0.15) is 5.00 Å². The summed E-state index contributed by atoms with van der Waals surface area (Å²) in [5.74, 6) is 0.283. The van der Waals surface area contributed by atoms with Crippen LogP contribution in [0.4, 0.5) is 5.00 Å². The number of allylic oxidation sites excluding steroid dienone is 1. The molecule has 0 radical (unpaired) electrons. The van der Waals surface area contributed by atoms with Crippen molar-refractivity contribution >= 4 is 51.3 Å². The molecule has 0 bridgehead atoms. The van der Waals surface area contributed by atoms with Crippen LogP contribution < -0.4 is 5.32 Å². The summed E-state index contributed by atoms with van der Waals surface area (Å²) >= 11 is 4.50. The van der Waals surface area contributed by atoms with Gasteiger partial charge in [-0.05, 0) is 50.7 Å². The molecule has 4 aromatic rings. The van der Waals surface area contributed by atoms with Gasteiger partial charge in [0.2, 0.25) is 5.91 Å². The fourth-order valence-corrected chi connectivity index (χ4v) is 7.93. The molecule has 1 aromatic carbocycles. The van der Waals surface area contributed by atoms with Gasteiger partial charge in [-0.15, -0.1) is 39.4 Å². The van der Waals surface area contributed by atoms with E-state index in [1.807, 2.05) is 10.6 Å². The predicted molar refractivity (Wildman–Crippen MR) is 165 cm³/mol. The van der Waals surface area contributed by atoms with Gasteiger partial charge in [-0.25, -0.2) is 4.79 Å². The van der Waals surface area contributed by atoms with Crippen molar-refractivity contribution in [1.29, 1.82) is 0 Å². The summed E-state index contributed by atoms with van der Waals surface area (Å²) in [6, 6.07) is 8.49. The Labute approximate surface area is 246 Å². The highest BCUT2D eigenvalue weighted by Crippen LogP contribution is 2.40. The molecule has 10 heteroatoms. The highest BCUT2D eigenvalue weighted by atomic mass is 32.2. The summed E-state index contributed by atoms with van der Waals surface area (Å²) in [6.07, 6.45) is 6.84. The van der Waals surface area contributed by atoms with E-state index < -0.39 is 5.97 Å². The number of hydrogen-bond donors (Lipinski definition) is 1. The lowest BCUT2D eigenvalue weighted by atomic mass is 10.0. The van der Waals surface area contributed by atoms with Crippen LogP contribution in [0.5, 0.6) is 0 Å². The minimum atomic E-state index is -0.395. The number of methoxy groups -OCH3 is 1. The highest BCUT2D eigenvalue weighted by molar-refractivity contribution is 7.99. The number of ether oxygens (including phenoxy) is 1. The normalized spacial score (nSPS) is 13.0. The van der Waals surface area contributed by atoms with Crippen molar-refractivity contribution < 1.29 is 14.3 Å². The van der Waals surface area contributed by atoms with Gasteiger partial charge in [0, 0.05) is 32.8 Å². The molecule has 0 saturated heterocycles. The Hall–Kier alpha value is -3.21. The van der Waals surface area contributed by atoms with Gasteiger partial charge < -0.3 is 10.1 Å². The Morgan fingerprint density at radius 3 is 2.67 bits per heavy atom. The van der Waals surface area contributed by atoms with Crippen LogP contribution in [0.25, 0.3) is 22.5 Å². The average Bonchev–Trinajstić information content (AvgIpc) is 3.57. The van der Waals surface area contributed by atoms with E-state index in [2.05, 4.69) is 65.6 Å². The third kappa shape index (κ3) is 5.80. The van der Waals surface area contributed by atoms with Gasteiger partial charge in [-0.3, -0.25) is 9.36 Å². The molecule has 0 unspecified atom stereocenters. The topological polar surface area (TPSA) is 86.1 Å². The Morgan fingerprint density at radius 1 is 1.15 bits per heavy atom. The molecule has 7 nitrogen and oxygen atoms in total. The SMILES string of the molecule is C=CCn1c(SCC(=O)Nc2sc3c(c2C(=O)OC)CCCCC3)nnc1-c1csc(C)c1-c1ccc(C)cc1. The molecule has 1 aliphatic rings. The third-order valence-electron chi connectivity index (χ3n) is 6.98. The van der Waals surface area contributed by atoms with Crippen LogP contribution in [0.15, 0.2) is 47.5 Å². The minimum Gasteiger partial charge on any atom is -0.465 e. The molecule has 0 fully saturated rings. The lowest BCUT2D eigenvalue weighted by molar-refractivity contribution is -0.113. The zero-order valence-electron chi connectivity index (χ0n) is 22.9. The molecule has 1 amide bonds. The Bertz CT molecular complexity index is 1550. The lowest BCUT2D eigenvalue weighted by Crippen LogP contribution is -2.16. The number of benzene rings is 1. The number of anilines is 1. The first kappa shape index (κ1) is 28.3. The van der Waals surface area contributed by atoms with E-state index >= 15 is 0 Å². The standard InChI is InChI=1S/C30H32N4O3S3/c1-5-15-34-27(22-16-38-19(3)25(22)20-13-11-18(2)12-14-20)32-33-30(34)39-17-24(35)31-28-26(29(36)37-4)21-9-7-6-8-10-23(21)40-28/h5,11-14,16H,1,6-10,15,17H2,2-4H3,(H,31,35). The van der Waals surface area contributed by atoms with Crippen LogP contribution >= 0.6 is 34.4 Å². The molecule has 208 valence electrons. The number of fused-ring (bicyclic) bond motifs is 1. The maximum Gasteiger partial charge on any atom is 0.341 e. The number of thioether (sulfide) groups is 1. The molecule has 0 aliphatic heterocycles. The van der Waals surface area contributed by atoms with Gasteiger partial charge in [-0.1, -0.05) is 54.1 Å². The Morgan fingerprint density at radius 2 is 1.93 bits per heavy atom. The van der Waals surface area contributed by atoms with Crippen LogP contribution in [0, 0.1) is 13.8 Å². The highest BCUT2D eigenvalue weighted by Gasteiger charge is 2.27. The van der Waals surface area contributed by atoms with Crippen LogP contribution in [0.2, 0.25) is 0 Å². The molecule has 0 spiro atoms. The number of carbonyl (C=O) groups excluding carboxylic acids is 2. The van der Waals surface area contributed by atoms with Crippen LogP contribution in [0.3, 0.4) is 0 Å². The molecule has 1 N–H and O–H groups in total. The third-order valence-corrected chi connectivity index (χ3v) is 10.1. The maximum atomic E-state index is 13.1. The number of hydrogen-bond acceptors (Lipinski definition) is 8. The Balaban J connectivity index is 1.37. The summed E-state index contributed by atoms with van der Waals surface area (Å²) < 4.78 is 7.07. The van der Waals surface area contributed by atoms with E-state index in [4.69, 9.17) is 4.74 Å². The quantitative estimate of drug-likeness (QED) is 0.0948. The molecule has 40 heavy (non-hydrogen) atoms. The van der Waals surface area contributed by atoms with Gasteiger partial charge >= 0.3 is 5.97 Å². The molecule has 3 heterocycles. The predicted octanol–water partition coefficient (Wildman–Crippen LogP) is 7.32. The smallest absolute Gasteiger partial charge is 0.341 e. The number of nitrogens with one attached hydrogen (secondary N) is 1. The first-order valence-electron chi connectivity index (χ1n) is 13.3. The van der Waals surface area contributed by atoms with Gasteiger partial charge in [0.15, 0.2) is 11.0 Å². The minimum absolute atomic E-state index is 0.131. The van der Waals surface area contributed by atoms with E-state index in [1.54, 1.807) is 11.3 Å². The molecule has 0 atom stereocenters. The summed E-state index contributed by atoms with van der Waals surface area (Å²) in [7, 11) is 1.38. The van der Waals surface area contributed by atoms with E-state index in [1.165, 1.54) is 45.5 Å². The number of thiophene rings is 2. The van der Waals surface area contributed by atoms with Crippen molar-refractivity contribution in [3.8, 4) is 22.5 Å². The van der Waals surface area contributed by atoms with E-state index in [9.17, 15) is 9.59 Å². The molecule has 0 saturated carbocycles. The van der Waals surface area contributed by atoms with Crippen LogP contribution in [-0.4, -0.2) is 39.5 Å². The number of aromatic nitrogens is 3. The number of nitrogens with zero attached hydrogens (tertiary/aromatic N) is 3. The Kier molecular flexibility index (Phi) is 8.87. The molecule has 3 aromatic heterocycles. The fraction of sp³-hybridized carbons (Fsp3) is 0.333. The first-order chi connectivity index (χ1) is 19.4. The number of aryl methyl sites for hydroxylation is 3. The first-order valence-corrected chi connectivity index (χ1v) is 15.9. The molecule has 5 rings (SSSR count). The summed E-state index contributed by atoms with van der Waals surface area (Å²) in [5.41, 5.74) is 6.04. The van der Waals surface area contributed by atoms with E-state index in [-0.39, 0.29) is 11.7 Å². The second-order valence-corrected chi connectivity index (χ2v) is 12.9. The second-order valence-electron chi connectivity index (χ2n) is 9.75. The number of esters is 1. The fourth-order valence-electron chi connectivity index (χ4n) is 5.03. The number of carbonyl (C=O) groups is 2. The van der Waals surface area contributed by atoms with Crippen molar-refractivity contribution in [2.24, 2.45) is 0 Å². The van der Waals surface area contributed by atoms with Crippen LogP contribution in [0.1, 0.15) is 50.5 Å². The summed E-state index contributed by atoms with van der Waals surface area (Å²) in [5, 5.41) is 15.3. The lowest BCUT2D eigenvalue weighted by Gasteiger charge is -2.10. The second kappa shape index (κ2) is 12.5. The monoisotopic (exact) mass is 592 g/mol. The summed E-state index contributed by atoms with van der Waals surface area (Å²) in [6.45, 7) is 8.63. The van der Waals surface area contributed by atoms with Crippen molar-refractivity contribution in [2.45, 2.75) is 57.7 Å². The van der Waals surface area contributed by atoms with Crippen molar-refractivity contribution in [2.75, 3.05) is 18.2 Å². The van der Waals surface area contributed by atoms with Crippen molar-refractivity contribution in [3.63, 3.8) is 0 Å². The number of rotatable bonds is 9. The van der Waals surface area contributed by atoms with Gasteiger partial charge in [0.05, 0.1) is 18.4 Å². The number of amides is 1. The largest absolute Gasteiger partial charge is 0.465 e.